The van der Waals surface area contributed by atoms with E-state index in [1.807, 2.05) is 6.92 Å². The summed E-state index contributed by atoms with van der Waals surface area (Å²) in [6.07, 6.45) is 1.16. The zero-order chi connectivity index (χ0) is 12.7. The monoisotopic (exact) mass is 270 g/mol. The fraction of sp³-hybridized carbons (Fsp3) is 0.182. The van der Waals surface area contributed by atoms with Gasteiger partial charge >= 0.3 is 5.69 Å². The van der Waals surface area contributed by atoms with Crippen LogP contribution in [-0.4, -0.2) is 9.91 Å². The van der Waals surface area contributed by atoms with E-state index >= 15 is 0 Å². The van der Waals surface area contributed by atoms with Crippen molar-refractivity contribution < 1.29 is 4.92 Å². The molecule has 2 rings (SSSR count). The Balaban J connectivity index is 2.95. The number of hydrogen-bond acceptors (Lipinski definition) is 3. The van der Waals surface area contributed by atoms with E-state index in [4.69, 9.17) is 23.2 Å². The van der Waals surface area contributed by atoms with Gasteiger partial charge in [-0.3, -0.25) is 10.1 Å². The van der Waals surface area contributed by atoms with Crippen LogP contribution < -0.4 is 0 Å². The lowest BCUT2D eigenvalue weighted by Gasteiger charge is -2.08. The molecule has 0 bridgehead atoms. The number of aromatic nitrogens is 1. The fourth-order valence-corrected chi connectivity index (χ4v) is 2.27. The molecule has 0 atom stereocenters. The molecule has 1 aromatic heterocycles. The second kappa shape index (κ2) is 4.13. The van der Waals surface area contributed by atoms with E-state index in [1.54, 1.807) is 13.0 Å². The molecule has 0 amide bonds. The largest absolute Gasteiger partial charge is 0.306 e. The first-order chi connectivity index (χ1) is 7.93. The van der Waals surface area contributed by atoms with Crippen LogP contribution in [0.2, 0.25) is 10.0 Å². The second-order valence-electron chi connectivity index (χ2n) is 3.74. The van der Waals surface area contributed by atoms with Crippen LogP contribution >= 0.6 is 23.2 Å². The molecule has 17 heavy (non-hydrogen) atoms. The van der Waals surface area contributed by atoms with Gasteiger partial charge in [-0.25, -0.2) is 4.98 Å². The van der Waals surface area contributed by atoms with Crippen LogP contribution in [0.5, 0.6) is 0 Å². The minimum Gasteiger partial charge on any atom is -0.258 e. The third-order valence-corrected chi connectivity index (χ3v) is 3.59. The van der Waals surface area contributed by atoms with Gasteiger partial charge in [-0.15, -0.1) is 0 Å². The molecule has 0 saturated carbocycles. The molecular formula is C11H8Cl2N2O2. The van der Waals surface area contributed by atoms with Crippen molar-refractivity contribution in [1.29, 1.82) is 0 Å². The molecule has 0 spiro atoms. The Morgan fingerprint density at radius 1 is 1.29 bits per heavy atom. The summed E-state index contributed by atoms with van der Waals surface area (Å²) < 4.78 is 0. The number of nitrogens with zero attached hydrogens (tertiary/aromatic N) is 2. The molecule has 88 valence electrons. The van der Waals surface area contributed by atoms with Gasteiger partial charge < -0.3 is 0 Å². The van der Waals surface area contributed by atoms with Gasteiger partial charge in [0.25, 0.3) is 0 Å². The van der Waals surface area contributed by atoms with Crippen molar-refractivity contribution in [1.82, 2.24) is 4.98 Å². The summed E-state index contributed by atoms with van der Waals surface area (Å²) in [5.41, 5.74) is 1.99. The summed E-state index contributed by atoms with van der Waals surface area (Å²) in [5.74, 6) is 0. The molecule has 2 aromatic rings. The molecule has 0 radical (unpaired) electrons. The summed E-state index contributed by atoms with van der Waals surface area (Å²) in [7, 11) is 0. The van der Waals surface area contributed by atoms with Crippen LogP contribution in [0.25, 0.3) is 10.9 Å². The summed E-state index contributed by atoms with van der Waals surface area (Å²) in [6, 6.07) is 1.76. The minimum absolute atomic E-state index is 0.0828. The smallest absolute Gasteiger partial charge is 0.258 e. The van der Waals surface area contributed by atoms with Crippen molar-refractivity contribution in [3.8, 4) is 0 Å². The maximum Gasteiger partial charge on any atom is 0.306 e. The first-order valence-corrected chi connectivity index (χ1v) is 5.57. The lowest BCUT2D eigenvalue weighted by Crippen LogP contribution is -1.94. The average molecular weight is 271 g/mol. The highest BCUT2D eigenvalue weighted by Gasteiger charge is 2.19. The van der Waals surface area contributed by atoms with Gasteiger partial charge in [0.1, 0.15) is 11.2 Å². The van der Waals surface area contributed by atoms with E-state index in [0.29, 0.717) is 21.5 Å². The predicted molar refractivity (Wildman–Crippen MR) is 67.9 cm³/mol. The van der Waals surface area contributed by atoms with Crippen molar-refractivity contribution in [3.05, 3.63) is 43.5 Å². The van der Waals surface area contributed by atoms with Crippen molar-refractivity contribution in [2.75, 3.05) is 0 Å². The van der Waals surface area contributed by atoms with Crippen LogP contribution in [0.4, 0.5) is 5.69 Å². The first-order valence-electron chi connectivity index (χ1n) is 4.81. The van der Waals surface area contributed by atoms with Crippen molar-refractivity contribution in [2.24, 2.45) is 0 Å². The number of pyridine rings is 1. The molecule has 0 fully saturated rings. The summed E-state index contributed by atoms with van der Waals surface area (Å²) in [6.45, 7) is 3.63. The zero-order valence-electron chi connectivity index (χ0n) is 9.12. The van der Waals surface area contributed by atoms with E-state index in [2.05, 4.69) is 4.98 Å². The number of benzene rings is 1. The van der Waals surface area contributed by atoms with E-state index in [1.165, 1.54) is 0 Å². The van der Waals surface area contributed by atoms with Crippen LogP contribution in [0.15, 0.2) is 12.3 Å². The average Bonchev–Trinajstić information content (AvgIpc) is 2.25. The SMILES string of the molecule is Cc1cc2ncc([N+](=O)[O-])c(Cl)c2c(C)c1Cl. The molecule has 4 nitrogen and oxygen atoms in total. The number of fused-ring (bicyclic) bond motifs is 1. The van der Waals surface area contributed by atoms with Crippen LogP contribution in [0, 0.1) is 24.0 Å². The fourth-order valence-electron chi connectivity index (χ4n) is 1.76. The molecule has 6 heteroatoms. The number of rotatable bonds is 1. The lowest BCUT2D eigenvalue weighted by molar-refractivity contribution is -0.384. The molecule has 0 aliphatic carbocycles. The van der Waals surface area contributed by atoms with Gasteiger partial charge in [0.05, 0.1) is 10.4 Å². The molecule has 0 aliphatic rings. The maximum absolute atomic E-state index is 10.8. The summed E-state index contributed by atoms with van der Waals surface area (Å²) >= 11 is 12.1. The summed E-state index contributed by atoms with van der Waals surface area (Å²) in [5, 5.41) is 12.0. The Labute approximate surface area is 107 Å². The lowest BCUT2D eigenvalue weighted by atomic mass is 10.1. The molecular weight excluding hydrogens is 263 g/mol. The van der Waals surface area contributed by atoms with Gasteiger partial charge in [-0.2, -0.15) is 0 Å². The molecule has 1 heterocycles. The highest BCUT2D eigenvalue weighted by Crippen LogP contribution is 2.36. The van der Waals surface area contributed by atoms with Gasteiger partial charge in [-0.1, -0.05) is 23.2 Å². The Morgan fingerprint density at radius 2 is 1.94 bits per heavy atom. The van der Waals surface area contributed by atoms with Crippen molar-refractivity contribution in [2.45, 2.75) is 13.8 Å². The normalized spacial score (nSPS) is 10.8. The van der Waals surface area contributed by atoms with E-state index < -0.39 is 4.92 Å². The predicted octanol–water partition coefficient (Wildman–Crippen LogP) is 4.07. The van der Waals surface area contributed by atoms with Gasteiger partial charge in [0.15, 0.2) is 0 Å². The number of hydrogen-bond donors (Lipinski definition) is 0. The van der Waals surface area contributed by atoms with Crippen LogP contribution in [-0.2, 0) is 0 Å². The Hall–Kier alpha value is -1.39. The molecule has 0 aliphatic heterocycles. The third kappa shape index (κ3) is 1.83. The van der Waals surface area contributed by atoms with Gasteiger partial charge in [0, 0.05) is 10.4 Å². The second-order valence-corrected chi connectivity index (χ2v) is 4.50. The number of nitro groups is 1. The maximum atomic E-state index is 10.8. The highest BCUT2D eigenvalue weighted by molar-refractivity contribution is 6.39. The number of aryl methyl sites for hydroxylation is 2. The van der Waals surface area contributed by atoms with E-state index in [0.717, 1.165) is 11.8 Å². The third-order valence-electron chi connectivity index (χ3n) is 2.63. The minimum atomic E-state index is -0.554. The van der Waals surface area contributed by atoms with Crippen molar-refractivity contribution in [3.63, 3.8) is 0 Å². The van der Waals surface area contributed by atoms with Gasteiger partial charge in [-0.05, 0) is 31.0 Å². The topological polar surface area (TPSA) is 56.0 Å². The van der Waals surface area contributed by atoms with E-state index in [9.17, 15) is 10.1 Å². The Morgan fingerprint density at radius 3 is 2.53 bits per heavy atom. The zero-order valence-corrected chi connectivity index (χ0v) is 10.6. The number of halogens is 2. The van der Waals surface area contributed by atoms with Gasteiger partial charge in [0.2, 0.25) is 0 Å². The molecule has 1 aromatic carbocycles. The Kier molecular flexibility index (Phi) is 2.93. The Bertz CT molecular complexity index is 641. The van der Waals surface area contributed by atoms with Crippen molar-refractivity contribution >= 4 is 39.8 Å². The summed E-state index contributed by atoms with van der Waals surface area (Å²) in [4.78, 5) is 14.3. The quantitative estimate of drug-likeness (QED) is 0.580. The first kappa shape index (κ1) is 12.1. The molecule has 0 unspecified atom stereocenters. The van der Waals surface area contributed by atoms with E-state index in [-0.39, 0.29) is 10.7 Å². The van der Waals surface area contributed by atoms with Crippen LogP contribution in [0.1, 0.15) is 11.1 Å². The highest BCUT2D eigenvalue weighted by atomic mass is 35.5. The van der Waals surface area contributed by atoms with Crippen LogP contribution in [0.3, 0.4) is 0 Å². The molecule has 0 saturated heterocycles. The standard InChI is InChI=1S/C11H8Cl2N2O2/c1-5-3-7-9(6(2)10(5)12)11(13)8(4-14-7)15(16)17/h3-4H,1-2H3. The molecule has 0 N–H and O–H groups in total.